The van der Waals surface area contributed by atoms with Gasteiger partial charge in [-0.3, -0.25) is 4.79 Å². The van der Waals surface area contributed by atoms with Crippen molar-refractivity contribution in [3.63, 3.8) is 0 Å². The Morgan fingerprint density at radius 2 is 2.00 bits per heavy atom. The lowest BCUT2D eigenvalue weighted by molar-refractivity contribution is -0.113. The Bertz CT molecular complexity index is 960. The van der Waals surface area contributed by atoms with E-state index in [9.17, 15) is 9.90 Å². The van der Waals surface area contributed by atoms with Gasteiger partial charge in [0.05, 0.1) is 30.3 Å². The number of hydrogen-bond acceptors (Lipinski definition) is 5. The van der Waals surface area contributed by atoms with Crippen LogP contribution >= 0.6 is 23.4 Å². The quantitative estimate of drug-likeness (QED) is 0.496. The lowest BCUT2D eigenvalue weighted by Crippen LogP contribution is -2.15. The zero-order valence-electron chi connectivity index (χ0n) is 16.0. The Morgan fingerprint density at radius 3 is 2.72 bits per heavy atom. The van der Waals surface area contributed by atoms with Crippen LogP contribution in [-0.4, -0.2) is 32.9 Å². The van der Waals surface area contributed by atoms with Gasteiger partial charge in [0.1, 0.15) is 5.75 Å². The molecular weight excluding hydrogens is 410 g/mol. The van der Waals surface area contributed by atoms with Crippen molar-refractivity contribution in [2.45, 2.75) is 25.2 Å². The summed E-state index contributed by atoms with van der Waals surface area (Å²) in [7, 11) is 0. The van der Waals surface area contributed by atoms with Crippen molar-refractivity contribution in [3.8, 4) is 5.75 Å². The van der Waals surface area contributed by atoms with Crippen LogP contribution in [0.2, 0.25) is 5.02 Å². The standard InChI is InChI=1S/C21H22ClN3O3S/c1-2-28-19-6-4-3-5-18(19)24-20(27)14-29-21-23-17(13-26)12-25(21)11-15-7-9-16(22)10-8-15/h3-10,12,26H,2,11,13-14H2,1H3,(H,24,27). The first kappa shape index (κ1) is 21.2. The third-order valence-electron chi connectivity index (χ3n) is 4.01. The number of para-hydroxylation sites is 2. The topological polar surface area (TPSA) is 76.4 Å². The van der Waals surface area contributed by atoms with Crippen molar-refractivity contribution in [2.75, 3.05) is 17.7 Å². The van der Waals surface area contributed by atoms with Crippen molar-refractivity contribution < 1.29 is 14.6 Å². The number of thioether (sulfide) groups is 1. The number of benzene rings is 2. The highest BCUT2D eigenvalue weighted by Crippen LogP contribution is 2.25. The lowest BCUT2D eigenvalue weighted by Gasteiger charge is -2.11. The van der Waals surface area contributed by atoms with Gasteiger partial charge in [-0.1, -0.05) is 47.6 Å². The summed E-state index contributed by atoms with van der Waals surface area (Å²) in [5, 5.41) is 13.7. The smallest absolute Gasteiger partial charge is 0.234 e. The zero-order chi connectivity index (χ0) is 20.6. The van der Waals surface area contributed by atoms with Crippen LogP contribution in [0.25, 0.3) is 0 Å². The summed E-state index contributed by atoms with van der Waals surface area (Å²) in [6.45, 7) is 2.83. The maximum atomic E-state index is 12.4. The van der Waals surface area contributed by atoms with E-state index in [0.717, 1.165) is 5.56 Å². The van der Waals surface area contributed by atoms with Gasteiger partial charge in [0, 0.05) is 17.8 Å². The molecule has 1 aromatic heterocycles. The van der Waals surface area contributed by atoms with Crippen molar-refractivity contribution in [2.24, 2.45) is 0 Å². The second kappa shape index (κ2) is 10.3. The first-order chi connectivity index (χ1) is 14.1. The van der Waals surface area contributed by atoms with E-state index in [0.29, 0.717) is 40.5 Å². The molecule has 0 aliphatic rings. The number of carbonyl (C=O) groups excluding carboxylic acids is 1. The summed E-state index contributed by atoms with van der Waals surface area (Å²) in [6, 6.07) is 14.9. The predicted octanol–water partition coefficient (Wildman–Crippen LogP) is 4.21. The molecule has 1 amide bonds. The SMILES string of the molecule is CCOc1ccccc1NC(=O)CSc1nc(CO)cn1Cc1ccc(Cl)cc1. The molecule has 0 bridgehead atoms. The molecule has 8 heteroatoms. The average Bonchev–Trinajstić information content (AvgIpc) is 3.12. The number of halogens is 1. The molecule has 3 aromatic rings. The van der Waals surface area contributed by atoms with Gasteiger partial charge in [-0.05, 0) is 36.8 Å². The minimum absolute atomic E-state index is 0.158. The molecule has 152 valence electrons. The van der Waals surface area contributed by atoms with E-state index in [4.69, 9.17) is 16.3 Å². The molecule has 0 saturated carbocycles. The number of nitrogens with one attached hydrogen (secondary N) is 1. The molecule has 0 saturated heterocycles. The van der Waals surface area contributed by atoms with Crippen LogP contribution in [0, 0.1) is 0 Å². The van der Waals surface area contributed by atoms with Gasteiger partial charge in [-0.25, -0.2) is 4.98 Å². The molecule has 2 aromatic carbocycles. The Morgan fingerprint density at radius 1 is 1.24 bits per heavy atom. The van der Waals surface area contributed by atoms with Gasteiger partial charge in [0.15, 0.2) is 5.16 Å². The highest BCUT2D eigenvalue weighted by Gasteiger charge is 2.13. The molecule has 6 nitrogen and oxygen atoms in total. The molecule has 0 fully saturated rings. The molecule has 3 rings (SSSR count). The van der Waals surface area contributed by atoms with Gasteiger partial charge >= 0.3 is 0 Å². The number of amides is 1. The molecule has 0 aliphatic carbocycles. The molecule has 0 radical (unpaired) electrons. The van der Waals surface area contributed by atoms with E-state index in [1.165, 1.54) is 11.8 Å². The number of aliphatic hydroxyl groups excluding tert-OH is 1. The molecule has 0 aliphatic heterocycles. The number of nitrogens with zero attached hydrogens (tertiary/aromatic N) is 2. The van der Waals surface area contributed by atoms with Gasteiger partial charge in [-0.2, -0.15) is 0 Å². The highest BCUT2D eigenvalue weighted by molar-refractivity contribution is 7.99. The van der Waals surface area contributed by atoms with Gasteiger partial charge < -0.3 is 19.7 Å². The molecule has 1 heterocycles. The maximum absolute atomic E-state index is 12.4. The van der Waals surface area contributed by atoms with Gasteiger partial charge in [0.2, 0.25) is 5.91 Å². The van der Waals surface area contributed by atoms with E-state index >= 15 is 0 Å². The lowest BCUT2D eigenvalue weighted by atomic mass is 10.2. The number of hydrogen-bond donors (Lipinski definition) is 2. The molecule has 0 unspecified atom stereocenters. The molecule has 29 heavy (non-hydrogen) atoms. The molecule has 2 N–H and O–H groups in total. The van der Waals surface area contributed by atoms with Crippen LogP contribution in [0.1, 0.15) is 18.2 Å². The number of ether oxygens (including phenoxy) is 1. The molecular formula is C21H22ClN3O3S. The van der Waals surface area contributed by atoms with Crippen LogP contribution in [-0.2, 0) is 17.9 Å². The van der Waals surface area contributed by atoms with Crippen LogP contribution in [0.15, 0.2) is 59.9 Å². The minimum atomic E-state index is -0.159. The summed E-state index contributed by atoms with van der Waals surface area (Å²) in [4.78, 5) is 16.9. The Balaban J connectivity index is 1.66. The number of imidazole rings is 1. The summed E-state index contributed by atoms with van der Waals surface area (Å²) < 4.78 is 7.45. The number of rotatable bonds is 9. The summed E-state index contributed by atoms with van der Waals surface area (Å²) in [5.74, 6) is 0.664. The fourth-order valence-electron chi connectivity index (χ4n) is 2.71. The summed E-state index contributed by atoms with van der Waals surface area (Å²) in [5.41, 5.74) is 2.25. The number of anilines is 1. The first-order valence-electron chi connectivity index (χ1n) is 9.15. The van der Waals surface area contributed by atoms with Crippen LogP contribution < -0.4 is 10.1 Å². The van der Waals surface area contributed by atoms with E-state index in [-0.39, 0.29) is 18.3 Å². The van der Waals surface area contributed by atoms with E-state index in [2.05, 4.69) is 10.3 Å². The average molecular weight is 432 g/mol. The predicted molar refractivity (Wildman–Crippen MR) is 116 cm³/mol. The van der Waals surface area contributed by atoms with E-state index in [1.54, 1.807) is 12.3 Å². The fourth-order valence-corrected chi connectivity index (χ4v) is 3.63. The van der Waals surface area contributed by atoms with Crippen molar-refractivity contribution in [1.29, 1.82) is 0 Å². The largest absolute Gasteiger partial charge is 0.492 e. The maximum Gasteiger partial charge on any atom is 0.234 e. The zero-order valence-corrected chi connectivity index (χ0v) is 17.5. The van der Waals surface area contributed by atoms with Crippen molar-refractivity contribution in [1.82, 2.24) is 9.55 Å². The van der Waals surface area contributed by atoms with Gasteiger partial charge in [0.25, 0.3) is 0 Å². The highest BCUT2D eigenvalue weighted by atomic mass is 35.5. The summed E-state index contributed by atoms with van der Waals surface area (Å²) >= 11 is 7.26. The monoisotopic (exact) mass is 431 g/mol. The van der Waals surface area contributed by atoms with Crippen molar-refractivity contribution in [3.05, 3.63) is 71.0 Å². The number of aromatic nitrogens is 2. The van der Waals surface area contributed by atoms with E-state index in [1.807, 2.05) is 54.0 Å². The minimum Gasteiger partial charge on any atom is -0.492 e. The third-order valence-corrected chi connectivity index (χ3v) is 5.25. The van der Waals surface area contributed by atoms with Crippen molar-refractivity contribution >= 4 is 35.0 Å². The molecule has 0 atom stereocenters. The van der Waals surface area contributed by atoms with Gasteiger partial charge in [-0.15, -0.1) is 0 Å². The normalized spacial score (nSPS) is 10.7. The first-order valence-corrected chi connectivity index (χ1v) is 10.5. The Kier molecular flexibility index (Phi) is 7.57. The number of carbonyl (C=O) groups is 1. The Hall–Kier alpha value is -2.48. The second-order valence-corrected chi connectivity index (χ2v) is 7.57. The number of aliphatic hydroxyl groups is 1. The van der Waals surface area contributed by atoms with E-state index < -0.39 is 0 Å². The second-order valence-electron chi connectivity index (χ2n) is 6.19. The summed E-state index contributed by atoms with van der Waals surface area (Å²) in [6.07, 6.45) is 1.79. The van der Waals surface area contributed by atoms with Crippen LogP contribution in [0.4, 0.5) is 5.69 Å². The molecule has 0 spiro atoms. The van der Waals surface area contributed by atoms with Crippen LogP contribution in [0.5, 0.6) is 5.75 Å². The van der Waals surface area contributed by atoms with Crippen LogP contribution in [0.3, 0.4) is 0 Å². The third kappa shape index (κ3) is 6.00. The Labute approximate surface area is 178 Å². The fraction of sp³-hybridized carbons (Fsp3) is 0.238.